The molecule has 0 radical (unpaired) electrons. The lowest BCUT2D eigenvalue weighted by Gasteiger charge is -2.22. The van der Waals surface area contributed by atoms with Gasteiger partial charge in [0.15, 0.2) is 17.3 Å². The normalized spacial score (nSPS) is 13.0. The average molecular weight is 410 g/mol. The largest absolute Gasteiger partial charge is 0.454 e. The minimum absolute atomic E-state index is 0.0263. The summed E-state index contributed by atoms with van der Waals surface area (Å²) >= 11 is 0. The molecule has 0 saturated heterocycles. The van der Waals surface area contributed by atoms with Crippen LogP contribution < -0.4 is 16.2 Å². The van der Waals surface area contributed by atoms with Crippen molar-refractivity contribution in [3.05, 3.63) is 76.9 Å². The van der Waals surface area contributed by atoms with Gasteiger partial charge in [-0.05, 0) is 12.1 Å². The van der Waals surface area contributed by atoms with Gasteiger partial charge in [-0.2, -0.15) is 8.42 Å². The minimum atomic E-state index is -4.57. The number of ketones is 2. The van der Waals surface area contributed by atoms with Crippen LogP contribution in [0.2, 0.25) is 0 Å². The van der Waals surface area contributed by atoms with E-state index in [-0.39, 0.29) is 45.1 Å². The molecule has 4 rings (SSSR count). The molecule has 0 aliphatic heterocycles. The van der Waals surface area contributed by atoms with Crippen molar-refractivity contribution >= 4 is 33.1 Å². The summed E-state index contributed by atoms with van der Waals surface area (Å²) in [5.41, 5.74) is 12.2. The topological polar surface area (TPSA) is 150 Å². The summed E-state index contributed by atoms with van der Waals surface area (Å²) < 4.78 is 38.1. The van der Waals surface area contributed by atoms with Crippen molar-refractivity contribution in [2.45, 2.75) is 4.90 Å². The Labute approximate surface area is 165 Å². The molecule has 0 spiro atoms. The first-order chi connectivity index (χ1) is 13.7. The number of rotatable bonds is 3. The monoisotopic (exact) mass is 410 g/mol. The minimum Gasteiger partial charge on any atom is -0.454 e. The van der Waals surface area contributed by atoms with Crippen LogP contribution in [0.1, 0.15) is 31.8 Å². The molecule has 8 nitrogen and oxygen atoms in total. The maximum Gasteiger partial charge on any atom is 0.298 e. The van der Waals surface area contributed by atoms with E-state index in [1.807, 2.05) is 0 Å². The second kappa shape index (κ2) is 6.43. The predicted octanol–water partition coefficient (Wildman–Crippen LogP) is 2.67. The molecule has 0 unspecified atom stereocenters. The fourth-order valence-electron chi connectivity index (χ4n) is 3.27. The molecule has 3 aromatic rings. The summed E-state index contributed by atoms with van der Waals surface area (Å²) in [5, 5.41) is 0. The van der Waals surface area contributed by atoms with Crippen LogP contribution in [0.25, 0.3) is 0 Å². The number of carbonyl (C=O) groups is 2. The van der Waals surface area contributed by atoms with Crippen LogP contribution in [0, 0.1) is 0 Å². The molecule has 0 amide bonds. The molecular formula is C20H14N2O6S. The third-order valence-electron chi connectivity index (χ3n) is 4.58. The van der Waals surface area contributed by atoms with E-state index in [9.17, 15) is 22.6 Å². The molecule has 0 bridgehead atoms. The number of ether oxygens (including phenoxy) is 1. The second-order valence-electron chi connectivity index (χ2n) is 6.36. The lowest BCUT2D eigenvalue weighted by Crippen LogP contribution is -2.24. The first-order valence-corrected chi connectivity index (χ1v) is 9.79. The highest BCUT2D eigenvalue weighted by molar-refractivity contribution is 7.86. The number of para-hydroxylation sites is 1. The number of carbonyl (C=O) groups excluding carboxylic acids is 2. The summed E-state index contributed by atoms with van der Waals surface area (Å²) in [6, 6.07) is 12.9. The van der Waals surface area contributed by atoms with E-state index in [2.05, 4.69) is 0 Å². The smallest absolute Gasteiger partial charge is 0.298 e. The van der Waals surface area contributed by atoms with Crippen molar-refractivity contribution in [1.29, 1.82) is 0 Å². The zero-order valence-electron chi connectivity index (χ0n) is 14.7. The number of benzene rings is 3. The van der Waals surface area contributed by atoms with E-state index in [4.69, 9.17) is 16.2 Å². The first kappa shape index (κ1) is 18.7. The number of hydrogen-bond donors (Lipinski definition) is 3. The van der Waals surface area contributed by atoms with Gasteiger partial charge < -0.3 is 16.2 Å². The SMILES string of the molecule is Nc1cc(Oc2ccccc2S(=O)(=O)O)c(N)c2c1C(=O)c1ccccc1C2=O. The summed E-state index contributed by atoms with van der Waals surface area (Å²) in [6.07, 6.45) is 0. The quantitative estimate of drug-likeness (QED) is 0.345. The molecule has 0 heterocycles. The van der Waals surface area contributed by atoms with Crippen LogP contribution in [0.3, 0.4) is 0 Å². The fourth-order valence-corrected chi connectivity index (χ4v) is 3.89. The van der Waals surface area contributed by atoms with Gasteiger partial charge in [0.1, 0.15) is 10.6 Å². The third-order valence-corrected chi connectivity index (χ3v) is 5.47. The van der Waals surface area contributed by atoms with Crippen molar-refractivity contribution in [2.75, 3.05) is 11.5 Å². The van der Waals surface area contributed by atoms with Crippen LogP contribution in [0.5, 0.6) is 11.5 Å². The van der Waals surface area contributed by atoms with Gasteiger partial charge in [-0.25, -0.2) is 0 Å². The van der Waals surface area contributed by atoms with E-state index in [0.29, 0.717) is 0 Å². The Kier molecular flexibility index (Phi) is 4.14. The van der Waals surface area contributed by atoms with Crippen LogP contribution >= 0.6 is 0 Å². The van der Waals surface area contributed by atoms with Crippen molar-refractivity contribution in [2.24, 2.45) is 0 Å². The molecule has 9 heteroatoms. The lowest BCUT2D eigenvalue weighted by atomic mass is 9.82. The maximum absolute atomic E-state index is 13.0. The molecule has 1 aliphatic carbocycles. The lowest BCUT2D eigenvalue weighted by molar-refractivity contribution is 0.0980. The van der Waals surface area contributed by atoms with Gasteiger partial charge >= 0.3 is 0 Å². The summed E-state index contributed by atoms with van der Waals surface area (Å²) in [6.45, 7) is 0. The molecule has 5 N–H and O–H groups in total. The molecule has 0 fully saturated rings. The van der Waals surface area contributed by atoms with E-state index in [0.717, 1.165) is 6.07 Å². The van der Waals surface area contributed by atoms with E-state index in [1.165, 1.54) is 36.4 Å². The number of fused-ring (bicyclic) bond motifs is 2. The molecule has 1 aliphatic rings. The Bertz CT molecular complexity index is 1310. The summed E-state index contributed by atoms with van der Waals surface area (Å²) in [5.74, 6) is -1.26. The molecule has 29 heavy (non-hydrogen) atoms. The van der Waals surface area contributed by atoms with Gasteiger partial charge in [-0.3, -0.25) is 14.1 Å². The highest BCUT2D eigenvalue weighted by atomic mass is 32.2. The van der Waals surface area contributed by atoms with Gasteiger partial charge in [0.2, 0.25) is 0 Å². The Morgan fingerprint density at radius 3 is 1.97 bits per heavy atom. The van der Waals surface area contributed by atoms with Crippen molar-refractivity contribution in [3.63, 3.8) is 0 Å². The maximum atomic E-state index is 13.0. The molecule has 0 atom stereocenters. The standard InChI is InChI=1S/C20H14N2O6S/c21-12-9-14(28-13-7-3-4-8-15(13)29(25,26)27)18(22)17-16(12)19(23)10-5-1-2-6-11(10)20(17)24/h1-9H,21-22H2,(H,25,26,27). The molecule has 3 aromatic carbocycles. The van der Waals surface area contributed by atoms with Crippen LogP contribution in [-0.2, 0) is 10.1 Å². The molecular weight excluding hydrogens is 396 g/mol. The summed E-state index contributed by atoms with van der Waals surface area (Å²) in [7, 11) is -4.57. The van der Waals surface area contributed by atoms with E-state index in [1.54, 1.807) is 12.1 Å². The number of nitrogen functional groups attached to an aromatic ring is 2. The third kappa shape index (κ3) is 2.93. The van der Waals surface area contributed by atoms with Crippen molar-refractivity contribution < 1.29 is 27.3 Å². The highest BCUT2D eigenvalue weighted by Crippen LogP contribution is 2.41. The van der Waals surface area contributed by atoms with E-state index >= 15 is 0 Å². The predicted molar refractivity (Wildman–Crippen MR) is 105 cm³/mol. The fraction of sp³-hybridized carbons (Fsp3) is 0. The van der Waals surface area contributed by atoms with Gasteiger partial charge in [0.25, 0.3) is 10.1 Å². The number of hydrogen-bond acceptors (Lipinski definition) is 7. The number of nitrogens with two attached hydrogens (primary N) is 2. The second-order valence-corrected chi connectivity index (χ2v) is 7.75. The average Bonchev–Trinajstić information content (AvgIpc) is 2.68. The molecule has 0 saturated carbocycles. The van der Waals surface area contributed by atoms with Crippen LogP contribution in [-0.4, -0.2) is 24.5 Å². The van der Waals surface area contributed by atoms with Crippen molar-refractivity contribution in [1.82, 2.24) is 0 Å². The zero-order chi connectivity index (χ0) is 20.9. The Balaban J connectivity index is 1.90. The van der Waals surface area contributed by atoms with Gasteiger partial charge in [-0.15, -0.1) is 0 Å². The van der Waals surface area contributed by atoms with Crippen molar-refractivity contribution in [3.8, 4) is 11.5 Å². The molecule has 146 valence electrons. The van der Waals surface area contributed by atoms with Gasteiger partial charge in [0, 0.05) is 22.9 Å². The first-order valence-electron chi connectivity index (χ1n) is 8.35. The molecule has 0 aromatic heterocycles. The van der Waals surface area contributed by atoms with Gasteiger partial charge in [-0.1, -0.05) is 36.4 Å². The number of anilines is 2. The highest BCUT2D eigenvalue weighted by Gasteiger charge is 2.34. The van der Waals surface area contributed by atoms with Crippen LogP contribution in [0.4, 0.5) is 11.4 Å². The Morgan fingerprint density at radius 1 is 0.793 bits per heavy atom. The Hall–Kier alpha value is -3.69. The Morgan fingerprint density at radius 2 is 1.34 bits per heavy atom. The zero-order valence-corrected chi connectivity index (χ0v) is 15.6. The van der Waals surface area contributed by atoms with Crippen LogP contribution in [0.15, 0.2) is 59.5 Å². The summed E-state index contributed by atoms with van der Waals surface area (Å²) in [4.78, 5) is 25.3. The van der Waals surface area contributed by atoms with E-state index < -0.39 is 26.6 Å². The van der Waals surface area contributed by atoms with Gasteiger partial charge in [0.05, 0.1) is 16.8 Å².